The van der Waals surface area contributed by atoms with Gasteiger partial charge in [0.2, 0.25) is 5.91 Å². The Morgan fingerprint density at radius 3 is 2.66 bits per heavy atom. The summed E-state index contributed by atoms with van der Waals surface area (Å²) in [6.07, 6.45) is 0.799. The van der Waals surface area contributed by atoms with Gasteiger partial charge >= 0.3 is 0 Å². The molecule has 2 N–H and O–H groups in total. The van der Waals surface area contributed by atoms with Gasteiger partial charge < -0.3 is 10.6 Å². The molecule has 5 heteroatoms. The quantitative estimate of drug-likeness (QED) is 0.649. The molecule has 0 aliphatic carbocycles. The van der Waals surface area contributed by atoms with Crippen LogP contribution in [0.1, 0.15) is 17.5 Å². The molecule has 1 aliphatic heterocycles. The summed E-state index contributed by atoms with van der Waals surface area (Å²) in [5.74, 6) is 0.0813. The Hall–Kier alpha value is -2.40. The number of benzene rings is 3. The van der Waals surface area contributed by atoms with E-state index >= 15 is 0 Å². The van der Waals surface area contributed by atoms with Crippen LogP contribution in [0.4, 0.5) is 0 Å². The van der Waals surface area contributed by atoms with E-state index in [9.17, 15) is 4.79 Å². The molecule has 150 valence electrons. The first-order chi connectivity index (χ1) is 14.1. The topological polar surface area (TPSA) is 44.4 Å². The van der Waals surface area contributed by atoms with Crippen LogP contribution < -0.4 is 10.6 Å². The molecule has 0 bridgehead atoms. The fourth-order valence-corrected chi connectivity index (χ4v) is 4.36. The zero-order valence-electron chi connectivity index (χ0n) is 16.6. The molecule has 0 unspecified atom stereocenters. The number of hydrogen-bond acceptors (Lipinski definition) is 3. The lowest BCUT2D eigenvalue weighted by Gasteiger charge is -2.23. The molecule has 3 aromatic carbocycles. The van der Waals surface area contributed by atoms with Crippen LogP contribution >= 0.6 is 11.6 Å². The molecule has 0 aromatic heterocycles. The van der Waals surface area contributed by atoms with Gasteiger partial charge in [-0.3, -0.25) is 9.69 Å². The predicted octanol–water partition coefficient (Wildman–Crippen LogP) is 3.97. The SMILES string of the molecule is CNC(=O)[C@@H]1C[C@@H](NCc2cccc(Cl)c2)CN1Cc1ccc2ccccc2c1. The zero-order chi connectivity index (χ0) is 20.2. The number of nitrogens with one attached hydrogen (secondary N) is 2. The Labute approximate surface area is 176 Å². The summed E-state index contributed by atoms with van der Waals surface area (Å²) in [7, 11) is 1.71. The smallest absolute Gasteiger partial charge is 0.237 e. The van der Waals surface area contributed by atoms with Crippen molar-refractivity contribution in [1.82, 2.24) is 15.5 Å². The van der Waals surface area contributed by atoms with Gasteiger partial charge in [0.15, 0.2) is 0 Å². The maximum absolute atomic E-state index is 12.5. The molecular weight excluding hydrogens is 382 g/mol. The summed E-state index contributed by atoms with van der Waals surface area (Å²) in [5.41, 5.74) is 2.38. The fraction of sp³-hybridized carbons (Fsp3) is 0.292. The summed E-state index contributed by atoms with van der Waals surface area (Å²) in [6, 6.07) is 23.0. The number of likely N-dealkylation sites (tertiary alicyclic amines) is 1. The van der Waals surface area contributed by atoms with Gasteiger partial charge in [0.25, 0.3) is 0 Å². The Morgan fingerprint density at radius 2 is 1.86 bits per heavy atom. The minimum absolute atomic E-state index is 0.0813. The van der Waals surface area contributed by atoms with E-state index < -0.39 is 0 Å². The molecule has 3 aromatic rings. The third kappa shape index (κ3) is 4.78. The standard InChI is InChI=1S/C24H26ClN3O/c1-26-24(29)23-13-22(27-14-17-5-4-8-21(25)12-17)16-28(23)15-18-9-10-19-6-2-3-7-20(19)11-18/h2-12,22-23,27H,13-16H2,1H3,(H,26,29)/t22-,23+/m1/s1. The van der Waals surface area contributed by atoms with Crippen LogP contribution in [0.2, 0.25) is 5.02 Å². The van der Waals surface area contributed by atoms with Crippen molar-refractivity contribution < 1.29 is 4.79 Å². The first-order valence-electron chi connectivity index (χ1n) is 10.0. The van der Waals surface area contributed by atoms with E-state index in [0.717, 1.165) is 36.6 Å². The molecular formula is C24H26ClN3O. The highest BCUT2D eigenvalue weighted by molar-refractivity contribution is 6.30. The Kier molecular flexibility index (Phi) is 6.14. The summed E-state index contributed by atoms with van der Waals surface area (Å²) in [5, 5.41) is 9.64. The highest BCUT2D eigenvalue weighted by Gasteiger charge is 2.36. The number of halogens is 1. The van der Waals surface area contributed by atoms with Crippen LogP contribution in [-0.4, -0.2) is 36.5 Å². The van der Waals surface area contributed by atoms with Crippen LogP contribution in [0.25, 0.3) is 10.8 Å². The van der Waals surface area contributed by atoms with Gasteiger partial charge in [-0.2, -0.15) is 0 Å². The molecule has 4 nitrogen and oxygen atoms in total. The predicted molar refractivity (Wildman–Crippen MR) is 119 cm³/mol. The minimum atomic E-state index is -0.122. The van der Waals surface area contributed by atoms with E-state index in [2.05, 4.69) is 64.1 Å². The Balaban J connectivity index is 1.45. The first-order valence-corrected chi connectivity index (χ1v) is 10.4. The highest BCUT2D eigenvalue weighted by Crippen LogP contribution is 2.23. The third-order valence-electron chi connectivity index (χ3n) is 5.64. The van der Waals surface area contributed by atoms with Crippen molar-refractivity contribution in [2.45, 2.75) is 31.6 Å². The van der Waals surface area contributed by atoms with Crippen molar-refractivity contribution in [2.75, 3.05) is 13.6 Å². The molecule has 4 rings (SSSR count). The van der Waals surface area contributed by atoms with Crippen LogP contribution in [-0.2, 0) is 17.9 Å². The summed E-state index contributed by atoms with van der Waals surface area (Å²) in [6.45, 7) is 2.35. The summed E-state index contributed by atoms with van der Waals surface area (Å²) < 4.78 is 0. The van der Waals surface area contributed by atoms with E-state index in [1.54, 1.807) is 7.05 Å². The third-order valence-corrected chi connectivity index (χ3v) is 5.87. The number of carbonyl (C=O) groups is 1. The second kappa shape index (κ2) is 8.95. The van der Waals surface area contributed by atoms with Gasteiger partial charge in [-0.1, -0.05) is 60.1 Å². The Morgan fingerprint density at radius 1 is 1.03 bits per heavy atom. The second-order valence-corrected chi connectivity index (χ2v) is 8.12. The maximum Gasteiger partial charge on any atom is 0.237 e. The largest absolute Gasteiger partial charge is 0.358 e. The monoisotopic (exact) mass is 407 g/mol. The molecule has 1 fully saturated rings. The number of carbonyl (C=O) groups excluding carboxylic acids is 1. The fourth-order valence-electron chi connectivity index (χ4n) is 4.15. The number of hydrogen-bond donors (Lipinski definition) is 2. The number of fused-ring (bicyclic) bond motifs is 1. The number of amides is 1. The zero-order valence-corrected chi connectivity index (χ0v) is 17.3. The molecule has 0 radical (unpaired) electrons. The van der Waals surface area contributed by atoms with Gasteiger partial charge in [0, 0.05) is 37.7 Å². The van der Waals surface area contributed by atoms with Crippen molar-refractivity contribution in [3.8, 4) is 0 Å². The van der Waals surface area contributed by atoms with Crippen LogP contribution in [0.15, 0.2) is 66.7 Å². The van der Waals surface area contributed by atoms with Crippen LogP contribution in [0.3, 0.4) is 0 Å². The van der Waals surface area contributed by atoms with E-state index in [1.807, 2.05) is 18.2 Å². The first kappa shape index (κ1) is 19.9. The number of rotatable bonds is 6. The lowest BCUT2D eigenvalue weighted by atomic mass is 10.1. The van der Waals surface area contributed by atoms with Crippen LogP contribution in [0.5, 0.6) is 0 Å². The average Bonchev–Trinajstić information content (AvgIpc) is 3.14. The molecule has 1 aliphatic rings. The average molecular weight is 408 g/mol. The molecule has 0 spiro atoms. The lowest BCUT2D eigenvalue weighted by Crippen LogP contribution is -2.41. The van der Waals surface area contributed by atoms with E-state index in [0.29, 0.717) is 0 Å². The number of nitrogens with zero attached hydrogens (tertiary/aromatic N) is 1. The molecule has 29 heavy (non-hydrogen) atoms. The normalized spacial score (nSPS) is 19.5. The van der Waals surface area contributed by atoms with Gasteiger partial charge in [0.1, 0.15) is 0 Å². The maximum atomic E-state index is 12.5. The molecule has 1 heterocycles. The molecule has 1 amide bonds. The minimum Gasteiger partial charge on any atom is -0.358 e. The second-order valence-electron chi connectivity index (χ2n) is 7.68. The van der Waals surface area contributed by atoms with E-state index in [4.69, 9.17) is 11.6 Å². The molecule has 2 atom stereocenters. The van der Waals surface area contributed by atoms with Crippen molar-refractivity contribution in [3.05, 3.63) is 82.9 Å². The van der Waals surface area contributed by atoms with Crippen molar-refractivity contribution in [1.29, 1.82) is 0 Å². The van der Waals surface area contributed by atoms with Gasteiger partial charge in [0.05, 0.1) is 6.04 Å². The molecule has 1 saturated heterocycles. The van der Waals surface area contributed by atoms with Gasteiger partial charge in [-0.05, 0) is 46.5 Å². The van der Waals surface area contributed by atoms with E-state index in [-0.39, 0.29) is 18.0 Å². The lowest BCUT2D eigenvalue weighted by molar-refractivity contribution is -0.125. The van der Waals surface area contributed by atoms with Crippen LogP contribution in [0, 0.1) is 0 Å². The van der Waals surface area contributed by atoms with Gasteiger partial charge in [-0.25, -0.2) is 0 Å². The summed E-state index contributed by atoms with van der Waals surface area (Å²) >= 11 is 6.09. The Bertz CT molecular complexity index is 1010. The van der Waals surface area contributed by atoms with Crippen molar-refractivity contribution in [3.63, 3.8) is 0 Å². The highest BCUT2D eigenvalue weighted by atomic mass is 35.5. The van der Waals surface area contributed by atoms with Gasteiger partial charge in [-0.15, -0.1) is 0 Å². The van der Waals surface area contributed by atoms with Crippen molar-refractivity contribution >= 4 is 28.3 Å². The van der Waals surface area contributed by atoms with E-state index in [1.165, 1.54) is 16.3 Å². The van der Waals surface area contributed by atoms with Crippen molar-refractivity contribution in [2.24, 2.45) is 0 Å². The molecule has 0 saturated carbocycles. The summed E-state index contributed by atoms with van der Waals surface area (Å²) in [4.78, 5) is 14.8. The number of likely N-dealkylation sites (N-methyl/N-ethyl adjacent to an activating group) is 1.